The molecule has 0 spiro atoms. The number of rotatable bonds is 29. The minimum atomic E-state index is -0.687. The summed E-state index contributed by atoms with van der Waals surface area (Å²) in [6.45, 7) is 54.0. The summed E-state index contributed by atoms with van der Waals surface area (Å²) in [6.07, 6.45) is 24.5. The van der Waals surface area contributed by atoms with Crippen molar-refractivity contribution in [1.29, 1.82) is 0 Å². The quantitative estimate of drug-likeness (QED) is 0.0221. The molecular formula is C106H168O26. The fourth-order valence-corrected chi connectivity index (χ4v) is 25.7. The van der Waals surface area contributed by atoms with Gasteiger partial charge in [0.05, 0.1) is 94.5 Å². The van der Waals surface area contributed by atoms with Crippen LogP contribution in [0.25, 0.3) is 0 Å². The Hall–Kier alpha value is -5.99. The zero-order valence-electron chi connectivity index (χ0n) is 85.3. The molecule has 0 N–H and O–H groups in total. The van der Waals surface area contributed by atoms with Crippen LogP contribution in [0.15, 0.2) is 0 Å². The predicted octanol–water partition coefficient (Wildman–Crippen LogP) is 18.9. The molecule has 29 unspecified atom stereocenters. The first kappa shape index (κ1) is 105. The molecule has 10 saturated carbocycles. The van der Waals surface area contributed by atoms with E-state index in [-0.39, 0.29) is 124 Å². The summed E-state index contributed by atoms with van der Waals surface area (Å²) in [5, 5.41) is 0. The van der Waals surface area contributed by atoms with Gasteiger partial charge >= 0.3 is 65.7 Å². The molecule has 748 valence electrons. The summed E-state index contributed by atoms with van der Waals surface area (Å²) in [5.74, 6) is 8.76. The largest absolute Gasteiger partial charge is 0.465 e. The second-order valence-corrected chi connectivity index (χ2v) is 48.0. The van der Waals surface area contributed by atoms with E-state index in [1.54, 1.807) is 27.7 Å². The maximum Gasteiger partial charge on any atom is 0.347 e. The molecule has 8 heterocycles. The van der Waals surface area contributed by atoms with Crippen LogP contribution in [-0.2, 0) is 124 Å². The molecule has 0 radical (unpaired) electrons. The highest BCUT2D eigenvalue weighted by atomic mass is 16.7. The van der Waals surface area contributed by atoms with Gasteiger partial charge < -0.3 is 71.1 Å². The summed E-state index contributed by atoms with van der Waals surface area (Å²) in [6, 6.07) is 0. The monoisotopic (exact) mass is 1860 g/mol. The van der Waals surface area contributed by atoms with Crippen molar-refractivity contribution in [2.45, 2.75) is 432 Å². The number of carbonyl (C=O) groups excluding carboxylic acids is 11. The molecule has 18 aliphatic rings. The van der Waals surface area contributed by atoms with Gasteiger partial charge in [0.15, 0.2) is 24.4 Å². The molecule has 8 aliphatic heterocycles. The van der Waals surface area contributed by atoms with Crippen LogP contribution in [0.5, 0.6) is 0 Å². The lowest BCUT2D eigenvalue weighted by molar-refractivity contribution is -0.184. The van der Waals surface area contributed by atoms with Gasteiger partial charge in [0.25, 0.3) is 0 Å². The second-order valence-electron chi connectivity index (χ2n) is 48.0. The first-order valence-corrected chi connectivity index (χ1v) is 51.5. The lowest BCUT2D eigenvalue weighted by Crippen LogP contribution is -2.49. The average molecular weight is 1860 g/mol. The lowest BCUT2D eigenvalue weighted by Gasteiger charge is -2.46. The van der Waals surface area contributed by atoms with Crippen molar-refractivity contribution in [2.75, 3.05) is 33.2 Å². The smallest absolute Gasteiger partial charge is 0.347 e. The molecule has 0 aromatic carbocycles. The minimum absolute atomic E-state index is 0.0455. The van der Waals surface area contributed by atoms with Crippen molar-refractivity contribution < 1.29 is 124 Å². The molecule has 0 amide bonds. The Kier molecular flexibility index (Phi) is 32.1. The Morgan fingerprint density at radius 3 is 1.08 bits per heavy atom. The minimum Gasteiger partial charge on any atom is -0.465 e. The summed E-state index contributed by atoms with van der Waals surface area (Å²) in [7, 11) is 0. The number of hydrogen-bond donors (Lipinski definition) is 0. The van der Waals surface area contributed by atoms with Crippen molar-refractivity contribution in [1.82, 2.24) is 0 Å². The van der Waals surface area contributed by atoms with E-state index in [4.69, 9.17) is 71.1 Å². The molecule has 26 heteroatoms. The topological polar surface area (TPSA) is 326 Å². The van der Waals surface area contributed by atoms with Crippen molar-refractivity contribution in [3.63, 3.8) is 0 Å². The Morgan fingerprint density at radius 2 is 0.735 bits per heavy atom. The van der Waals surface area contributed by atoms with Crippen LogP contribution in [0.1, 0.15) is 353 Å². The van der Waals surface area contributed by atoms with Crippen LogP contribution in [0.3, 0.4) is 0 Å². The molecule has 8 saturated heterocycles. The summed E-state index contributed by atoms with van der Waals surface area (Å²) in [5.41, 5.74) is -2.82. The number of cyclic esters (lactones) is 2. The summed E-state index contributed by atoms with van der Waals surface area (Å²) >= 11 is 0. The number of esters is 11. The third-order valence-corrected chi connectivity index (χ3v) is 37.1. The maximum atomic E-state index is 12.7. The van der Waals surface area contributed by atoms with E-state index in [0.29, 0.717) is 108 Å². The van der Waals surface area contributed by atoms with Gasteiger partial charge in [-0.25, -0.2) is 9.59 Å². The molecular weight excluding hydrogens is 1690 g/mol. The molecule has 10 aliphatic carbocycles. The fourth-order valence-electron chi connectivity index (χ4n) is 25.7. The van der Waals surface area contributed by atoms with Gasteiger partial charge in [0, 0.05) is 31.1 Å². The third-order valence-electron chi connectivity index (χ3n) is 37.1. The Bertz CT molecular complexity index is 3910. The van der Waals surface area contributed by atoms with Gasteiger partial charge in [-0.05, 0) is 327 Å². The average Bonchev–Trinajstić information content (AvgIpc) is 1.53. The molecule has 18 rings (SSSR count). The van der Waals surface area contributed by atoms with Gasteiger partial charge in [-0.15, -0.1) is 0 Å². The van der Waals surface area contributed by atoms with Crippen molar-refractivity contribution in [3.8, 4) is 0 Å². The molecule has 14 bridgehead atoms. The zero-order valence-corrected chi connectivity index (χ0v) is 85.3. The van der Waals surface area contributed by atoms with E-state index in [1.807, 2.05) is 104 Å². The molecule has 26 nitrogen and oxygen atoms in total. The van der Waals surface area contributed by atoms with E-state index in [1.165, 1.54) is 70.6 Å². The highest BCUT2D eigenvalue weighted by Gasteiger charge is 2.72. The van der Waals surface area contributed by atoms with Gasteiger partial charge in [-0.1, -0.05) is 83.1 Å². The highest BCUT2D eigenvalue weighted by molar-refractivity contribution is 5.84. The van der Waals surface area contributed by atoms with E-state index in [0.717, 1.165) is 110 Å². The first-order chi connectivity index (χ1) is 61.8. The Balaban J connectivity index is 0.000000140. The van der Waals surface area contributed by atoms with Crippen molar-refractivity contribution >= 4 is 65.7 Å². The number of carbonyl (C=O) groups is 11. The SMILES string of the molecule is CCC(C)(C)C(=O)OC1(CC)CC2CC1C1C3CCC(C3)C21.CCC(C)(C)C(=O)OC1(CC)CC2CC1C1C3CCC(C3)C21.CCC(C)(C)C(=O)OC1C2CC3C(=O)OC1C3O2.CCC(C)(C)C(=O)OC1C2CC3C(=O)OC1C3O2.CCC(C)(C)C(=O)OC1CCOC1=O.CCC(C)(C)C(=O)OC1CCOC1=O.CCC(C)(C)C(=O)OCCCOCOC1C2(C)CCC(C2)C1(C)C. The van der Waals surface area contributed by atoms with Crippen LogP contribution in [0.4, 0.5) is 0 Å². The van der Waals surface area contributed by atoms with Gasteiger partial charge in [-0.2, -0.15) is 0 Å². The van der Waals surface area contributed by atoms with E-state index >= 15 is 0 Å². The molecule has 0 aromatic heterocycles. The molecule has 132 heavy (non-hydrogen) atoms. The number of hydrogen-bond acceptors (Lipinski definition) is 26. The Labute approximate surface area is 787 Å². The van der Waals surface area contributed by atoms with Crippen LogP contribution < -0.4 is 0 Å². The third kappa shape index (κ3) is 20.8. The fraction of sp³-hybridized carbons (Fsp3) is 0.896. The molecule has 18 fully saturated rings. The lowest BCUT2D eigenvalue weighted by atomic mass is 9.65. The van der Waals surface area contributed by atoms with Crippen LogP contribution >= 0.6 is 0 Å². The van der Waals surface area contributed by atoms with Crippen LogP contribution in [0.2, 0.25) is 0 Å². The zero-order chi connectivity index (χ0) is 97.1. The summed E-state index contributed by atoms with van der Waals surface area (Å²) < 4.78 is 82.1. The molecule has 0 aromatic rings. The van der Waals surface area contributed by atoms with E-state index < -0.39 is 75.6 Å². The van der Waals surface area contributed by atoms with Crippen LogP contribution in [0, 0.1) is 138 Å². The number of ether oxygens (including phenoxy) is 15. The van der Waals surface area contributed by atoms with E-state index in [2.05, 4.69) is 48.5 Å². The Morgan fingerprint density at radius 1 is 0.379 bits per heavy atom. The van der Waals surface area contributed by atoms with Gasteiger partial charge in [0.2, 0.25) is 12.2 Å². The van der Waals surface area contributed by atoms with E-state index in [9.17, 15) is 52.7 Å². The van der Waals surface area contributed by atoms with Crippen LogP contribution in [-0.4, -0.2) is 177 Å². The maximum absolute atomic E-state index is 12.7. The van der Waals surface area contributed by atoms with Gasteiger partial charge in [-0.3, -0.25) is 43.2 Å². The first-order valence-electron chi connectivity index (χ1n) is 51.5. The van der Waals surface area contributed by atoms with Crippen molar-refractivity contribution in [2.24, 2.45) is 138 Å². The predicted molar refractivity (Wildman–Crippen MR) is 489 cm³/mol. The van der Waals surface area contributed by atoms with Crippen molar-refractivity contribution in [3.05, 3.63) is 0 Å². The van der Waals surface area contributed by atoms with Gasteiger partial charge in [0.1, 0.15) is 30.2 Å². The number of fused-ring (bicyclic) bond motifs is 22. The normalized spacial score (nSPS) is 37.8. The summed E-state index contributed by atoms with van der Waals surface area (Å²) in [4.78, 5) is 130. The standard InChI is InChI=1S/C20H36O4.2C20H32O2.2C13H18O5.2C10H16O4/c1-7-18(2,3)17(21)23-12-8-11-22-14-24-16-19(4,5)15-9-10-20(16,6)13-15;2*1-5-19(3,4)18(21)22-20(6-2)11-14-10-15(20)17-13-8-7-12(9-13)16(14)17;2*1-4-13(2,3)12(15)18-9-7-5-6-8(16-7)10(9)17-11(6)14;2*1-4-10(2,3)9(12)14-7-5-6-13-8(7)11/h15-16H,7-14H2,1-6H3;2*12-17H,5-11H2,1-4H3;2*6-10H,4-5H2,1-3H3;2*7H,4-6H2,1-3H3. The second kappa shape index (κ2) is 40.4. The molecule has 29 atom stereocenters. The highest BCUT2D eigenvalue weighted by Crippen LogP contribution is 2.73.